The quantitative estimate of drug-likeness (QED) is 0.878. The van der Waals surface area contributed by atoms with E-state index in [1.54, 1.807) is 0 Å². The van der Waals surface area contributed by atoms with Crippen molar-refractivity contribution >= 4 is 0 Å². The third-order valence-electron chi connectivity index (χ3n) is 4.00. The number of aryl methyl sites for hydroxylation is 1. The van der Waals surface area contributed by atoms with Gasteiger partial charge in [-0.3, -0.25) is 4.90 Å². The standard InChI is InChI=1S/C16H27N3/c1-3-4-14-5-7-15(8-6-14)16(17)13-19-11-9-18(2)10-12-19/h5-8,16H,3-4,9-13,17H2,1-2H3. The molecule has 0 saturated carbocycles. The highest BCUT2D eigenvalue weighted by atomic mass is 15.2. The van der Waals surface area contributed by atoms with E-state index in [1.165, 1.54) is 17.5 Å². The average Bonchev–Trinajstić information content (AvgIpc) is 2.42. The molecule has 1 aliphatic heterocycles. The van der Waals surface area contributed by atoms with Gasteiger partial charge in [-0.15, -0.1) is 0 Å². The van der Waals surface area contributed by atoms with Crippen LogP contribution in [0.1, 0.15) is 30.5 Å². The summed E-state index contributed by atoms with van der Waals surface area (Å²) in [6, 6.07) is 8.99. The zero-order valence-corrected chi connectivity index (χ0v) is 12.3. The first kappa shape index (κ1) is 14.5. The van der Waals surface area contributed by atoms with E-state index in [0.29, 0.717) is 0 Å². The lowest BCUT2D eigenvalue weighted by molar-refractivity contribution is 0.147. The Bertz CT molecular complexity index is 366. The Morgan fingerprint density at radius 1 is 1.11 bits per heavy atom. The zero-order chi connectivity index (χ0) is 13.7. The third-order valence-corrected chi connectivity index (χ3v) is 4.00. The van der Waals surface area contributed by atoms with Crippen LogP contribution >= 0.6 is 0 Å². The number of hydrogen-bond acceptors (Lipinski definition) is 3. The first-order valence-corrected chi connectivity index (χ1v) is 7.44. The molecule has 3 heteroatoms. The van der Waals surface area contributed by atoms with E-state index >= 15 is 0 Å². The Hall–Kier alpha value is -0.900. The van der Waals surface area contributed by atoms with Crippen LogP contribution in [0, 0.1) is 0 Å². The highest BCUT2D eigenvalue weighted by Gasteiger charge is 2.17. The fourth-order valence-corrected chi connectivity index (χ4v) is 2.63. The second-order valence-corrected chi connectivity index (χ2v) is 5.70. The maximum Gasteiger partial charge on any atom is 0.0424 e. The largest absolute Gasteiger partial charge is 0.323 e. The van der Waals surface area contributed by atoms with Crippen molar-refractivity contribution in [2.75, 3.05) is 39.8 Å². The summed E-state index contributed by atoms with van der Waals surface area (Å²) in [5.41, 5.74) is 9.01. The number of hydrogen-bond donors (Lipinski definition) is 1. The van der Waals surface area contributed by atoms with Gasteiger partial charge in [0.05, 0.1) is 0 Å². The highest BCUT2D eigenvalue weighted by molar-refractivity contribution is 5.25. The van der Waals surface area contributed by atoms with Crippen molar-refractivity contribution in [1.82, 2.24) is 9.80 Å². The lowest BCUT2D eigenvalue weighted by Crippen LogP contribution is -2.46. The molecule has 3 nitrogen and oxygen atoms in total. The van der Waals surface area contributed by atoms with Crippen LogP contribution in [-0.4, -0.2) is 49.6 Å². The minimum Gasteiger partial charge on any atom is -0.323 e. The van der Waals surface area contributed by atoms with Gasteiger partial charge in [-0.2, -0.15) is 0 Å². The van der Waals surface area contributed by atoms with Crippen LogP contribution in [0.5, 0.6) is 0 Å². The van der Waals surface area contributed by atoms with Crippen LogP contribution in [0.4, 0.5) is 0 Å². The van der Waals surface area contributed by atoms with E-state index in [4.69, 9.17) is 5.73 Å². The molecular formula is C16H27N3. The lowest BCUT2D eigenvalue weighted by Gasteiger charge is -2.33. The molecule has 1 aromatic carbocycles. The van der Waals surface area contributed by atoms with Crippen LogP contribution in [0.15, 0.2) is 24.3 Å². The van der Waals surface area contributed by atoms with Gasteiger partial charge in [-0.05, 0) is 24.6 Å². The maximum atomic E-state index is 6.33. The summed E-state index contributed by atoms with van der Waals surface area (Å²) in [4.78, 5) is 4.85. The van der Waals surface area contributed by atoms with Gasteiger partial charge in [0.1, 0.15) is 0 Å². The van der Waals surface area contributed by atoms with Crippen molar-refractivity contribution in [3.05, 3.63) is 35.4 Å². The molecule has 0 aromatic heterocycles. The van der Waals surface area contributed by atoms with Crippen molar-refractivity contribution in [3.8, 4) is 0 Å². The predicted molar refractivity (Wildman–Crippen MR) is 81.3 cm³/mol. The van der Waals surface area contributed by atoms with Crippen molar-refractivity contribution in [1.29, 1.82) is 0 Å². The van der Waals surface area contributed by atoms with E-state index < -0.39 is 0 Å². The molecule has 1 unspecified atom stereocenters. The molecule has 0 radical (unpaired) electrons. The van der Waals surface area contributed by atoms with Crippen LogP contribution in [-0.2, 0) is 6.42 Å². The fourth-order valence-electron chi connectivity index (χ4n) is 2.63. The molecule has 0 amide bonds. The molecule has 106 valence electrons. The summed E-state index contributed by atoms with van der Waals surface area (Å²) in [5, 5.41) is 0. The second-order valence-electron chi connectivity index (χ2n) is 5.70. The van der Waals surface area contributed by atoms with Gasteiger partial charge in [0.25, 0.3) is 0 Å². The third kappa shape index (κ3) is 4.30. The summed E-state index contributed by atoms with van der Waals surface area (Å²) in [7, 11) is 2.18. The van der Waals surface area contributed by atoms with Crippen LogP contribution < -0.4 is 5.73 Å². The topological polar surface area (TPSA) is 32.5 Å². The number of nitrogens with zero attached hydrogens (tertiary/aromatic N) is 2. The van der Waals surface area contributed by atoms with Crippen molar-refractivity contribution in [2.45, 2.75) is 25.8 Å². The van der Waals surface area contributed by atoms with Gasteiger partial charge >= 0.3 is 0 Å². The van der Waals surface area contributed by atoms with Crippen LogP contribution in [0.2, 0.25) is 0 Å². The Morgan fingerprint density at radius 3 is 2.32 bits per heavy atom. The summed E-state index contributed by atoms with van der Waals surface area (Å²) in [5.74, 6) is 0. The van der Waals surface area contributed by atoms with E-state index in [0.717, 1.165) is 39.1 Å². The first-order chi connectivity index (χ1) is 9.19. The Morgan fingerprint density at radius 2 is 1.74 bits per heavy atom. The fraction of sp³-hybridized carbons (Fsp3) is 0.625. The SMILES string of the molecule is CCCc1ccc(C(N)CN2CCN(C)CC2)cc1. The Labute approximate surface area is 117 Å². The van der Waals surface area contributed by atoms with Crippen molar-refractivity contribution < 1.29 is 0 Å². The Kier molecular flexibility index (Phi) is 5.37. The summed E-state index contributed by atoms with van der Waals surface area (Å²) >= 11 is 0. The average molecular weight is 261 g/mol. The molecule has 1 heterocycles. The smallest absolute Gasteiger partial charge is 0.0424 e. The van der Waals surface area contributed by atoms with Gasteiger partial charge in [0.15, 0.2) is 0 Å². The van der Waals surface area contributed by atoms with E-state index in [-0.39, 0.29) is 6.04 Å². The minimum absolute atomic E-state index is 0.138. The summed E-state index contributed by atoms with van der Waals surface area (Å²) in [6.45, 7) is 7.77. The first-order valence-electron chi connectivity index (χ1n) is 7.44. The Balaban J connectivity index is 1.86. The normalized spacial score (nSPS) is 19.5. The number of benzene rings is 1. The van der Waals surface area contributed by atoms with E-state index in [1.807, 2.05) is 0 Å². The predicted octanol–water partition coefficient (Wildman–Crippen LogP) is 1.89. The molecule has 1 fully saturated rings. The lowest BCUT2D eigenvalue weighted by atomic mass is 10.0. The van der Waals surface area contributed by atoms with E-state index in [2.05, 4.69) is 48.0 Å². The maximum absolute atomic E-state index is 6.33. The number of likely N-dealkylation sites (N-methyl/N-ethyl adjacent to an activating group) is 1. The van der Waals surface area contributed by atoms with Crippen molar-refractivity contribution in [2.24, 2.45) is 5.73 Å². The molecule has 1 aliphatic rings. The second kappa shape index (κ2) is 7.04. The van der Waals surface area contributed by atoms with Gasteiger partial charge in [0, 0.05) is 38.8 Å². The molecule has 2 N–H and O–H groups in total. The van der Waals surface area contributed by atoms with Gasteiger partial charge in [-0.25, -0.2) is 0 Å². The van der Waals surface area contributed by atoms with Crippen molar-refractivity contribution in [3.63, 3.8) is 0 Å². The van der Waals surface area contributed by atoms with E-state index in [9.17, 15) is 0 Å². The number of rotatable bonds is 5. The minimum atomic E-state index is 0.138. The molecule has 1 saturated heterocycles. The highest BCUT2D eigenvalue weighted by Crippen LogP contribution is 2.15. The van der Waals surface area contributed by atoms with Crippen LogP contribution in [0.25, 0.3) is 0 Å². The number of nitrogens with two attached hydrogens (primary N) is 1. The molecule has 19 heavy (non-hydrogen) atoms. The van der Waals surface area contributed by atoms with Crippen LogP contribution in [0.3, 0.4) is 0 Å². The molecule has 0 spiro atoms. The van der Waals surface area contributed by atoms with Gasteiger partial charge < -0.3 is 10.6 Å². The summed E-state index contributed by atoms with van der Waals surface area (Å²) in [6.07, 6.45) is 2.36. The molecule has 0 aliphatic carbocycles. The molecular weight excluding hydrogens is 234 g/mol. The monoisotopic (exact) mass is 261 g/mol. The number of piperazine rings is 1. The molecule has 0 bridgehead atoms. The molecule has 2 rings (SSSR count). The summed E-state index contributed by atoms with van der Waals surface area (Å²) < 4.78 is 0. The zero-order valence-electron chi connectivity index (χ0n) is 12.3. The molecule has 1 atom stereocenters. The van der Waals surface area contributed by atoms with Gasteiger partial charge in [-0.1, -0.05) is 37.6 Å². The molecule has 1 aromatic rings. The van der Waals surface area contributed by atoms with Gasteiger partial charge in [0.2, 0.25) is 0 Å².